The summed E-state index contributed by atoms with van der Waals surface area (Å²) in [6.07, 6.45) is 6.16. The van der Waals surface area contributed by atoms with Gasteiger partial charge in [-0.25, -0.2) is 0 Å². The van der Waals surface area contributed by atoms with Gasteiger partial charge >= 0.3 is 0 Å². The van der Waals surface area contributed by atoms with E-state index in [1.54, 1.807) is 7.11 Å². The molecule has 0 amide bonds. The van der Waals surface area contributed by atoms with E-state index in [-0.39, 0.29) is 0 Å². The Morgan fingerprint density at radius 3 is 2.38 bits per heavy atom. The van der Waals surface area contributed by atoms with Crippen molar-refractivity contribution in [3.63, 3.8) is 0 Å². The summed E-state index contributed by atoms with van der Waals surface area (Å²) < 4.78 is 7.68. The number of hydrogen-bond donors (Lipinski definition) is 1. The minimum Gasteiger partial charge on any atom is -0.480 e. The van der Waals surface area contributed by atoms with E-state index in [1.165, 1.54) is 43.4 Å². The fourth-order valence-corrected chi connectivity index (χ4v) is 3.16. The molecule has 0 unspecified atom stereocenters. The maximum atomic E-state index is 5.50. The first kappa shape index (κ1) is 18.0. The maximum Gasteiger partial charge on any atom is 0.236 e. The van der Waals surface area contributed by atoms with Crippen LogP contribution in [-0.4, -0.2) is 30.0 Å². The first-order valence-corrected chi connectivity index (χ1v) is 8.74. The third-order valence-corrected chi connectivity index (χ3v) is 4.04. The molecule has 1 saturated heterocycles. The second-order valence-corrected chi connectivity index (χ2v) is 5.07. The molecule has 1 fully saturated rings. The smallest absolute Gasteiger partial charge is 0.236 e. The van der Waals surface area contributed by atoms with E-state index in [1.807, 2.05) is 27.7 Å². The lowest BCUT2D eigenvalue weighted by Gasteiger charge is -2.24. The molecule has 0 aliphatic carbocycles. The Balaban J connectivity index is 0.000000510. The zero-order chi connectivity index (χ0) is 15.7. The number of rotatable bonds is 2. The Morgan fingerprint density at radius 1 is 1.10 bits per heavy atom. The van der Waals surface area contributed by atoms with Crippen molar-refractivity contribution in [1.29, 1.82) is 0 Å². The van der Waals surface area contributed by atoms with Gasteiger partial charge in [0.15, 0.2) is 0 Å². The van der Waals surface area contributed by atoms with Crippen LogP contribution in [0.3, 0.4) is 0 Å². The Morgan fingerprint density at radius 2 is 1.76 bits per heavy atom. The minimum absolute atomic E-state index is 0.646. The molecule has 4 nitrogen and oxygen atoms in total. The number of nitrogens with zero attached hydrogens (tertiary/aromatic N) is 2. The van der Waals surface area contributed by atoms with Crippen LogP contribution < -0.4 is 10.1 Å². The molecule has 3 heterocycles. The Bertz CT molecular complexity index is 395. The van der Waals surface area contributed by atoms with E-state index in [9.17, 15) is 0 Å². The quantitative estimate of drug-likeness (QED) is 0.903. The predicted molar refractivity (Wildman–Crippen MR) is 89.3 cm³/mol. The van der Waals surface area contributed by atoms with Crippen LogP contribution in [-0.2, 0) is 13.0 Å². The molecule has 2 aliphatic rings. The fourth-order valence-electron chi connectivity index (χ4n) is 3.16. The van der Waals surface area contributed by atoms with Crippen molar-refractivity contribution in [2.75, 3.05) is 20.2 Å². The monoisotopic (exact) mass is 295 g/mol. The Labute approximate surface area is 130 Å². The number of methoxy groups -OCH3 is 1. The number of fused-ring (bicyclic) bond motifs is 1. The van der Waals surface area contributed by atoms with E-state index in [0.29, 0.717) is 5.92 Å². The zero-order valence-corrected chi connectivity index (χ0v) is 14.5. The molecule has 0 spiro atoms. The summed E-state index contributed by atoms with van der Waals surface area (Å²) in [4.78, 5) is 0. The Kier molecular flexibility index (Phi) is 8.43. The topological polar surface area (TPSA) is 39.1 Å². The molecular formula is C17H33N3O. The number of aromatic nitrogens is 2. The van der Waals surface area contributed by atoms with E-state index in [4.69, 9.17) is 4.74 Å². The van der Waals surface area contributed by atoms with Crippen LogP contribution in [0.15, 0.2) is 0 Å². The van der Waals surface area contributed by atoms with Crippen LogP contribution in [0.5, 0.6) is 5.88 Å². The fraction of sp³-hybridized carbons (Fsp3) is 0.824. The molecule has 0 saturated carbocycles. The molecule has 1 aromatic heterocycles. The third-order valence-electron chi connectivity index (χ3n) is 4.04. The molecule has 1 N–H and O–H groups in total. The van der Waals surface area contributed by atoms with Crippen LogP contribution in [0.1, 0.15) is 70.6 Å². The summed E-state index contributed by atoms with van der Waals surface area (Å²) in [7, 11) is 1.75. The largest absolute Gasteiger partial charge is 0.480 e. The molecule has 4 heteroatoms. The number of aryl methyl sites for hydroxylation is 1. The average Bonchev–Trinajstić information content (AvgIpc) is 2.98. The van der Waals surface area contributed by atoms with Crippen molar-refractivity contribution < 1.29 is 4.74 Å². The van der Waals surface area contributed by atoms with Gasteiger partial charge in [0.25, 0.3) is 0 Å². The summed E-state index contributed by atoms with van der Waals surface area (Å²) >= 11 is 0. The van der Waals surface area contributed by atoms with E-state index in [0.717, 1.165) is 25.5 Å². The molecule has 2 aliphatic heterocycles. The normalized spacial score (nSPS) is 17.8. The SMILES string of the molecule is CC.CC.COc1nn2c(c1C1CCNCC1)CCCC2. The van der Waals surface area contributed by atoms with Gasteiger partial charge in [0, 0.05) is 17.8 Å². The van der Waals surface area contributed by atoms with E-state index >= 15 is 0 Å². The lowest BCUT2D eigenvalue weighted by Crippen LogP contribution is -2.27. The summed E-state index contributed by atoms with van der Waals surface area (Å²) in [5.41, 5.74) is 2.86. The lowest BCUT2D eigenvalue weighted by molar-refractivity contribution is 0.373. The van der Waals surface area contributed by atoms with Gasteiger partial charge in [0.2, 0.25) is 5.88 Å². The summed E-state index contributed by atoms with van der Waals surface area (Å²) in [5.74, 6) is 1.53. The van der Waals surface area contributed by atoms with Gasteiger partial charge in [-0.3, -0.25) is 4.68 Å². The highest BCUT2D eigenvalue weighted by Crippen LogP contribution is 2.37. The molecule has 0 bridgehead atoms. The third kappa shape index (κ3) is 4.22. The van der Waals surface area contributed by atoms with Gasteiger partial charge in [0.05, 0.1) is 7.11 Å². The average molecular weight is 295 g/mol. The van der Waals surface area contributed by atoms with Crippen LogP contribution in [0.4, 0.5) is 0 Å². The van der Waals surface area contributed by atoms with Crippen molar-refractivity contribution in [3.8, 4) is 5.88 Å². The highest BCUT2D eigenvalue weighted by molar-refractivity contribution is 5.36. The van der Waals surface area contributed by atoms with Crippen molar-refractivity contribution in [1.82, 2.24) is 15.1 Å². The van der Waals surface area contributed by atoms with Crippen LogP contribution in [0.25, 0.3) is 0 Å². The zero-order valence-electron chi connectivity index (χ0n) is 14.5. The molecular weight excluding hydrogens is 262 g/mol. The summed E-state index contributed by atoms with van der Waals surface area (Å²) in [5, 5.41) is 8.04. The van der Waals surface area contributed by atoms with Gasteiger partial charge in [-0.1, -0.05) is 27.7 Å². The summed E-state index contributed by atoms with van der Waals surface area (Å²) in [6.45, 7) is 11.3. The first-order valence-electron chi connectivity index (χ1n) is 8.74. The van der Waals surface area contributed by atoms with Gasteiger partial charge in [-0.05, 0) is 51.1 Å². The molecule has 122 valence electrons. The van der Waals surface area contributed by atoms with Crippen molar-refractivity contribution in [3.05, 3.63) is 11.3 Å². The molecule has 3 rings (SSSR count). The number of piperidine rings is 1. The van der Waals surface area contributed by atoms with Gasteiger partial charge in [-0.15, -0.1) is 5.10 Å². The molecule has 21 heavy (non-hydrogen) atoms. The molecule has 0 aromatic carbocycles. The molecule has 0 radical (unpaired) electrons. The second-order valence-electron chi connectivity index (χ2n) is 5.07. The van der Waals surface area contributed by atoms with Gasteiger partial charge in [0.1, 0.15) is 0 Å². The number of hydrogen-bond acceptors (Lipinski definition) is 3. The standard InChI is InChI=1S/C13H21N3O.2C2H6/c1-17-13-12(10-5-7-14-8-6-10)11-4-2-3-9-16(11)15-13;2*1-2/h10,14H,2-9H2,1H3;2*1-2H3. The van der Waals surface area contributed by atoms with E-state index in [2.05, 4.69) is 15.1 Å². The predicted octanol–water partition coefficient (Wildman–Crippen LogP) is 3.75. The van der Waals surface area contributed by atoms with Crippen molar-refractivity contribution >= 4 is 0 Å². The second kappa shape index (κ2) is 9.82. The lowest BCUT2D eigenvalue weighted by atomic mass is 9.88. The maximum absolute atomic E-state index is 5.50. The molecule has 0 atom stereocenters. The van der Waals surface area contributed by atoms with Crippen molar-refractivity contribution in [2.24, 2.45) is 0 Å². The highest BCUT2D eigenvalue weighted by Gasteiger charge is 2.28. The minimum atomic E-state index is 0.646. The highest BCUT2D eigenvalue weighted by atomic mass is 16.5. The van der Waals surface area contributed by atoms with Crippen LogP contribution in [0, 0.1) is 0 Å². The number of nitrogens with one attached hydrogen (secondary N) is 1. The van der Waals surface area contributed by atoms with E-state index < -0.39 is 0 Å². The van der Waals surface area contributed by atoms with Crippen LogP contribution in [0.2, 0.25) is 0 Å². The summed E-state index contributed by atoms with van der Waals surface area (Å²) in [6, 6.07) is 0. The first-order chi connectivity index (χ1) is 10.4. The van der Waals surface area contributed by atoms with Crippen LogP contribution >= 0.6 is 0 Å². The van der Waals surface area contributed by atoms with Crippen molar-refractivity contribution in [2.45, 2.75) is 72.3 Å². The Hall–Kier alpha value is -1.03. The van der Waals surface area contributed by atoms with Gasteiger partial charge in [-0.2, -0.15) is 0 Å². The van der Waals surface area contributed by atoms with Gasteiger partial charge < -0.3 is 10.1 Å². The number of ether oxygens (including phenoxy) is 1. The molecule has 1 aromatic rings.